The lowest BCUT2D eigenvalue weighted by molar-refractivity contribution is -0.145. The molecule has 0 N–H and O–H groups in total. The number of nitrogens with zero attached hydrogens (tertiary/aromatic N) is 2. The van der Waals surface area contributed by atoms with E-state index in [1.807, 2.05) is 0 Å². The van der Waals surface area contributed by atoms with Gasteiger partial charge in [-0.05, 0) is 38.0 Å². The molecule has 1 heterocycles. The van der Waals surface area contributed by atoms with Crippen molar-refractivity contribution in [3.05, 3.63) is 46.2 Å². The molecule has 0 spiro atoms. The van der Waals surface area contributed by atoms with E-state index in [2.05, 4.69) is 11.1 Å². The first-order valence-corrected chi connectivity index (χ1v) is 8.40. The number of benzene rings is 1. The standard InChI is InChI=1S/C19H17ClN2O3/c1-3-25-19(23)14-7-6-13-17(14)22-10-16(18(13)24-2)15-8-12(20)5-4-11(15)9-21/h4-5,8,10,14H,3,6-7H2,1-2H3. The Balaban J connectivity index is 2.13. The molecular formula is C19H17ClN2O3. The molecule has 3 rings (SSSR count). The van der Waals surface area contributed by atoms with E-state index in [1.54, 1.807) is 38.4 Å². The van der Waals surface area contributed by atoms with Crippen molar-refractivity contribution in [3.8, 4) is 22.9 Å². The Labute approximate surface area is 151 Å². The number of hydrogen-bond acceptors (Lipinski definition) is 5. The van der Waals surface area contributed by atoms with Gasteiger partial charge < -0.3 is 9.47 Å². The molecule has 0 radical (unpaired) electrons. The van der Waals surface area contributed by atoms with Gasteiger partial charge in [-0.1, -0.05) is 11.6 Å². The van der Waals surface area contributed by atoms with Crippen LogP contribution in [0.2, 0.25) is 5.02 Å². The summed E-state index contributed by atoms with van der Waals surface area (Å²) in [6.45, 7) is 2.13. The van der Waals surface area contributed by atoms with Crippen molar-refractivity contribution < 1.29 is 14.3 Å². The number of ether oxygens (including phenoxy) is 2. The quantitative estimate of drug-likeness (QED) is 0.777. The number of halogens is 1. The number of nitriles is 1. The van der Waals surface area contributed by atoms with Crippen LogP contribution >= 0.6 is 11.6 Å². The van der Waals surface area contributed by atoms with Crippen LogP contribution in [0.25, 0.3) is 11.1 Å². The molecule has 0 saturated carbocycles. The van der Waals surface area contributed by atoms with Crippen LogP contribution in [0.15, 0.2) is 24.4 Å². The van der Waals surface area contributed by atoms with E-state index in [9.17, 15) is 10.1 Å². The lowest BCUT2D eigenvalue weighted by Crippen LogP contribution is -2.14. The van der Waals surface area contributed by atoms with E-state index in [0.29, 0.717) is 52.6 Å². The molecule has 1 atom stereocenters. The third-order valence-electron chi connectivity index (χ3n) is 4.34. The summed E-state index contributed by atoms with van der Waals surface area (Å²) >= 11 is 6.10. The molecule has 1 unspecified atom stereocenters. The molecule has 2 aromatic rings. The zero-order valence-corrected chi connectivity index (χ0v) is 14.8. The van der Waals surface area contributed by atoms with Gasteiger partial charge in [0.25, 0.3) is 0 Å². The number of aromatic nitrogens is 1. The number of carbonyl (C=O) groups excluding carboxylic acids is 1. The average molecular weight is 357 g/mol. The first-order chi connectivity index (χ1) is 12.1. The van der Waals surface area contributed by atoms with Crippen LogP contribution in [0.3, 0.4) is 0 Å². The first kappa shape index (κ1) is 17.2. The third kappa shape index (κ3) is 3.06. The van der Waals surface area contributed by atoms with E-state index in [-0.39, 0.29) is 11.9 Å². The fourth-order valence-corrected chi connectivity index (χ4v) is 3.42. The monoisotopic (exact) mass is 356 g/mol. The van der Waals surface area contributed by atoms with E-state index < -0.39 is 0 Å². The summed E-state index contributed by atoms with van der Waals surface area (Å²) in [5.41, 5.74) is 3.44. The highest BCUT2D eigenvalue weighted by molar-refractivity contribution is 6.31. The Bertz CT molecular complexity index is 874. The minimum Gasteiger partial charge on any atom is -0.496 e. The third-order valence-corrected chi connectivity index (χ3v) is 4.58. The van der Waals surface area contributed by atoms with Gasteiger partial charge in [-0.2, -0.15) is 5.26 Å². The van der Waals surface area contributed by atoms with E-state index in [0.717, 1.165) is 5.56 Å². The summed E-state index contributed by atoms with van der Waals surface area (Å²) in [5, 5.41) is 9.91. The molecule has 6 heteroatoms. The summed E-state index contributed by atoms with van der Waals surface area (Å²) in [7, 11) is 1.58. The average Bonchev–Trinajstić information content (AvgIpc) is 3.05. The van der Waals surface area contributed by atoms with Gasteiger partial charge >= 0.3 is 5.97 Å². The van der Waals surface area contributed by atoms with Crippen LogP contribution < -0.4 is 4.74 Å². The molecule has 5 nitrogen and oxygen atoms in total. The predicted octanol–water partition coefficient (Wildman–Crippen LogP) is 3.88. The lowest BCUT2D eigenvalue weighted by Gasteiger charge is -2.15. The van der Waals surface area contributed by atoms with Crippen molar-refractivity contribution in [1.82, 2.24) is 4.98 Å². The Morgan fingerprint density at radius 1 is 1.44 bits per heavy atom. The molecule has 0 saturated heterocycles. The Morgan fingerprint density at radius 3 is 2.92 bits per heavy atom. The van der Waals surface area contributed by atoms with Gasteiger partial charge in [0.05, 0.1) is 37.0 Å². The predicted molar refractivity (Wildman–Crippen MR) is 93.6 cm³/mol. The van der Waals surface area contributed by atoms with Crippen LogP contribution in [0.1, 0.15) is 36.1 Å². The van der Waals surface area contributed by atoms with E-state index >= 15 is 0 Å². The molecule has 0 bridgehead atoms. The van der Waals surface area contributed by atoms with Gasteiger partial charge in [0.2, 0.25) is 0 Å². The number of carbonyl (C=O) groups is 1. The largest absolute Gasteiger partial charge is 0.496 e. The zero-order chi connectivity index (χ0) is 18.0. The van der Waals surface area contributed by atoms with Crippen molar-refractivity contribution in [3.63, 3.8) is 0 Å². The highest BCUT2D eigenvalue weighted by atomic mass is 35.5. The number of methoxy groups -OCH3 is 1. The molecule has 0 aliphatic heterocycles. The van der Waals surface area contributed by atoms with Gasteiger partial charge in [-0.15, -0.1) is 0 Å². The van der Waals surface area contributed by atoms with Gasteiger partial charge in [0.1, 0.15) is 5.75 Å². The maximum Gasteiger partial charge on any atom is 0.315 e. The number of pyridine rings is 1. The van der Waals surface area contributed by atoms with Gasteiger partial charge in [-0.25, -0.2) is 0 Å². The van der Waals surface area contributed by atoms with Crippen LogP contribution in [0.5, 0.6) is 5.75 Å². The van der Waals surface area contributed by atoms with Gasteiger partial charge in [-0.3, -0.25) is 9.78 Å². The molecule has 0 fully saturated rings. The van der Waals surface area contributed by atoms with Crippen LogP contribution in [-0.2, 0) is 16.0 Å². The van der Waals surface area contributed by atoms with Gasteiger partial charge in [0.15, 0.2) is 0 Å². The molecule has 25 heavy (non-hydrogen) atoms. The summed E-state index contributed by atoms with van der Waals surface area (Å²) < 4.78 is 10.8. The smallest absolute Gasteiger partial charge is 0.315 e. The molecule has 1 aromatic carbocycles. The second-order valence-corrected chi connectivity index (χ2v) is 6.15. The maximum absolute atomic E-state index is 12.1. The topological polar surface area (TPSA) is 72.2 Å². The van der Waals surface area contributed by atoms with E-state index in [4.69, 9.17) is 21.1 Å². The zero-order valence-electron chi connectivity index (χ0n) is 14.0. The molecule has 128 valence electrons. The molecule has 0 amide bonds. The minimum absolute atomic E-state index is 0.260. The molecule has 1 aliphatic carbocycles. The highest BCUT2D eigenvalue weighted by Gasteiger charge is 2.34. The van der Waals surface area contributed by atoms with Crippen molar-refractivity contribution in [1.29, 1.82) is 5.26 Å². The summed E-state index contributed by atoms with van der Waals surface area (Å²) in [4.78, 5) is 16.6. The van der Waals surface area contributed by atoms with Crippen LogP contribution in [0.4, 0.5) is 0 Å². The molecule has 1 aliphatic rings. The molecular weight excluding hydrogens is 340 g/mol. The van der Waals surface area contributed by atoms with Gasteiger partial charge in [0, 0.05) is 27.9 Å². The lowest BCUT2D eigenvalue weighted by atomic mass is 9.98. The van der Waals surface area contributed by atoms with Crippen molar-refractivity contribution >= 4 is 17.6 Å². The Kier molecular flexibility index (Phi) is 4.91. The minimum atomic E-state index is -0.368. The Morgan fingerprint density at radius 2 is 2.24 bits per heavy atom. The summed E-state index contributed by atoms with van der Waals surface area (Å²) in [5.74, 6) is 0.00675. The SMILES string of the molecule is CCOC(=O)C1CCc2c1ncc(-c1cc(Cl)ccc1C#N)c2OC. The second kappa shape index (κ2) is 7.12. The van der Waals surface area contributed by atoms with Crippen molar-refractivity contribution in [2.45, 2.75) is 25.7 Å². The van der Waals surface area contributed by atoms with Crippen LogP contribution in [-0.4, -0.2) is 24.7 Å². The fraction of sp³-hybridized carbons (Fsp3) is 0.316. The number of fused-ring (bicyclic) bond motifs is 1. The Hall–Kier alpha value is -2.58. The number of rotatable bonds is 4. The summed E-state index contributed by atoms with van der Waals surface area (Å²) in [6, 6.07) is 7.24. The van der Waals surface area contributed by atoms with E-state index in [1.165, 1.54) is 0 Å². The number of esters is 1. The van der Waals surface area contributed by atoms with Crippen molar-refractivity contribution in [2.24, 2.45) is 0 Å². The second-order valence-electron chi connectivity index (χ2n) is 5.71. The fourth-order valence-electron chi connectivity index (χ4n) is 3.25. The maximum atomic E-state index is 12.1. The normalized spacial score (nSPS) is 15.4. The van der Waals surface area contributed by atoms with Crippen LogP contribution in [0, 0.1) is 11.3 Å². The number of hydrogen-bond donors (Lipinski definition) is 0. The summed E-state index contributed by atoms with van der Waals surface area (Å²) in [6.07, 6.45) is 2.95. The molecule has 1 aromatic heterocycles. The highest BCUT2D eigenvalue weighted by Crippen LogP contribution is 2.43. The van der Waals surface area contributed by atoms with Crippen molar-refractivity contribution in [2.75, 3.05) is 13.7 Å². The first-order valence-electron chi connectivity index (χ1n) is 8.03.